The normalized spacial score (nSPS) is 10.8. The molecule has 4 aromatic rings. The number of fused-ring (bicyclic) bond motifs is 1. The predicted molar refractivity (Wildman–Crippen MR) is 113 cm³/mol. The Labute approximate surface area is 177 Å². The molecule has 1 heterocycles. The minimum Gasteiger partial charge on any atom is -0.474 e. The van der Waals surface area contributed by atoms with Crippen LogP contribution in [0.1, 0.15) is 6.92 Å². The molecule has 0 bridgehead atoms. The molecule has 0 aliphatic rings. The van der Waals surface area contributed by atoms with E-state index in [0.717, 1.165) is 5.56 Å². The second kappa shape index (κ2) is 8.47. The van der Waals surface area contributed by atoms with Crippen LogP contribution in [0.4, 0.5) is 4.39 Å². The lowest BCUT2D eigenvalue weighted by Crippen LogP contribution is -2.04. The van der Waals surface area contributed by atoms with Crippen LogP contribution in [-0.2, 0) is 4.79 Å². The average Bonchev–Trinajstić information content (AvgIpc) is 2.74. The molecule has 150 valence electrons. The quantitative estimate of drug-likeness (QED) is 0.238. The van der Waals surface area contributed by atoms with Gasteiger partial charge in [0.1, 0.15) is 5.82 Å². The molecule has 0 radical (unpaired) electrons. The molecular weight excluding hydrogens is 407 g/mol. The molecule has 5 nitrogen and oxygen atoms in total. The van der Waals surface area contributed by atoms with Crippen LogP contribution in [0, 0.1) is 5.82 Å². The van der Waals surface area contributed by atoms with Crippen LogP contribution in [0.3, 0.4) is 0 Å². The van der Waals surface area contributed by atoms with Crippen LogP contribution < -0.4 is 9.47 Å². The zero-order valence-electron chi connectivity index (χ0n) is 15.9. The van der Waals surface area contributed by atoms with E-state index in [0.29, 0.717) is 27.9 Å². The number of benzene rings is 3. The Morgan fingerprint density at radius 3 is 2.53 bits per heavy atom. The van der Waals surface area contributed by atoms with Gasteiger partial charge in [-0.2, -0.15) is 0 Å². The Morgan fingerprint density at radius 2 is 1.83 bits per heavy atom. The van der Waals surface area contributed by atoms with E-state index < -0.39 is 5.97 Å². The number of ether oxygens (including phenoxy) is 2. The molecule has 0 saturated heterocycles. The monoisotopic (exact) mass is 422 g/mol. The number of nitrogens with zero attached hydrogens (tertiary/aromatic N) is 2. The van der Waals surface area contributed by atoms with Gasteiger partial charge in [-0.3, -0.25) is 4.79 Å². The number of hydrogen-bond donors (Lipinski definition) is 0. The van der Waals surface area contributed by atoms with Gasteiger partial charge in [0, 0.05) is 35.7 Å². The molecule has 0 unspecified atom stereocenters. The SMILES string of the molecule is CC(=O)Oc1cc2cnc(-c3ccc(-c4ccccc4)c(F)c3)nc2cc1OCCl. The summed E-state index contributed by atoms with van der Waals surface area (Å²) in [5.74, 6) is 0.0188. The van der Waals surface area contributed by atoms with Crippen molar-refractivity contribution in [3.05, 3.63) is 72.7 Å². The second-order valence-corrected chi connectivity index (χ2v) is 6.68. The van der Waals surface area contributed by atoms with Crippen molar-refractivity contribution < 1.29 is 18.7 Å². The maximum Gasteiger partial charge on any atom is 0.308 e. The van der Waals surface area contributed by atoms with Crippen LogP contribution >= 0.6 is 11.6 Å². The Kier molecular flexibility index (Phi) is 5.59. The third kappa shape index (κ3) is 4.09. The zero-order valence-corrected chi connectivity index (χ0v) is 16.7. The molecule has 0 amide bonds. The van der Waals surface area contributed by atoms with Crippen molar-refractivity contribution in [1.82, 2.24) is 9.97 Å². The topological polar surface area (TPSA) is 61.3 Å². The van der Waals surface area contributed by atoms with Gasteiger partial charge >= 0.3 is 5.97 Å². The van der Waals surface area contributed by atoms with E-state index in [1.54, 1.807) is 30.5 Å². The van der Waals surface area contributed by atoms with Crippen molar-refractivity contribution in [2.75, 3.05) is 6.07 Å². The lowest BCUT2D eigenvalue weighted by molar-refractivity contribution is -0.132. The molecule has 0 fully saturated rings. The van der Waals surface area contributed by atoms with Gasteiger partial charge in [0.05, 0.1) is 5.52 Å². The van der Waals surface area contributed by atoms with E-state index in [1.807, 2.05) is 30.3 Å². The smallest absolute Gasteiger partial charge is 0.308 e. The number of aromatic nitrogens is 2. The Hall–Kier alpha value is -3.51. The molecule has 3 aromatic carbocycles. The standard InChI is InChI=1S/C23H16ClFN2O3/c1-14(28)30-22-10-17-12-26-23(27-20(17)11-21(22)29-13-24)16-7-8-18(19(25)9-16)15-5-3-2-4-6-15/h2-12H,13H2,1H3. The Balaban J connectivity index is 1.74. The maximum absolute atomic E-state index is 14.7. The van der Waals surface area contributed by atoms with Gasteiger partial charge in [-0.05, 0) is 17.7 Å². The minimum atomic E-state index is -0.486. The van der Waals surface area contributed by atoms with Crippen LogP contribution in [0.15, 0.2) is 66.9 Å². The average molecular weight is 423 g/mol. The fourth-order valence-electron chi connectivity index (χ4n) is 3.09. The fraction of sp³-hybridized carbons (Fsp3) is 0.0870. The highest BCUT2D eigenvalue weighted by Crippen LogP contribution is 2.33. The van der Waals surface area contributed by atoms with Crippen molar-refractivity contribution in [2.45, 2.75) is 6.92 Å². The van der Waals surface area contributed by atoms with E-state index in [1.165, 1.54) is 13.0 Å². The molecule has 0 atom stereocenters. The van der Waals surface area contributed by atoms with Gasteiger partial charge in [-0.1, -0.05) is 54.1 Å². The lowest BCUT2D eigenvalue weighted by Gasteiger charge is -2.11. The summed E-state index contributed by atoms with van der Waals surface area (Å²) in [6.07, 6.45) is 1.58. The van der Waals surface area contributed by atoms with Gasteiger partial charge in [0.15, 0.2) is 23.4 Å². The summed E-state index contributed by atoms with van der Waals surface area (Å²) in [5, 5.41) is 0.637. The summed E-state index contributed by atoms with van der Waals surface area (Å²) in [7, 11) is 0. The molecule has 0 saturated carbocycles. The number of esters is 1. The molecule has 0 N–H and O–H groups in total. The molecule has 0 aliphatic carbocycles. The Bertz CT molecular complexity index is 1230. The van der Waals surface area contributed by atoms with Crippen molar-refractivity contribution >= 4 is 28.5 Å². The van der Waals surface area contributed by atoms with Gasteiger partial charge in [-0.25, -0.2) is 14.4 Å². The molecule has 0 spiro atoms. The lowest BCUT2D eigenvalue weighted by atomic mass is 10.0. The number of hydrogen-bond acceptors (Lipinski definition) is 5. The molecule has 30 heavy (non-hydrogen) atoms. The molecule has 7 heteroatoms. The first-order valence-electron chi connectivity index (χ1n) is 9.08. The van der Waals surface area contributed by atoms with E-state index in [4.69, 9.17) is 21.1 Å². The van der Waals surface area contributed by atoms with E-state index in [9.17, 15) is 9.18 Å². The van der Waals surface area contributed by atoms with Crippen LogP contribution in [-0.4, -0.2) is 22.0 Å². The molecule has 1 aromatic heterocycles. The number of carbonyl (C=O) groups is 1. The van der Waals surface area contributed by atoms with E-state index in [2.05, 4.69) is 9.97 Å². The summed E-state index contributed by atoms with van der Waals surface area (Å²) < 4.78 is 25.2. The van der Waals surface area contributed by atoms with Crippen LogP contribution in [0.2, 0.25) is 0 Å². The molecular formula is C23H16ClFN2O3. The van der Waals surface area contributed by atoms with Gasteiger partial charge in [0.25, 0.3) is 0 Å². The maximum atomic E-state index is 14.7. The van der Waals surface area contributed by atoms with E-state index >= 15 is 0 Å². The summed E-state index contributed by atoms with van der Waals surface area (Å²) >= 11 is 5.67. The van der Waals surface area contributed by atoms with Crippen LogP contribution in [0.5, 0.6) is 11.5 Å². The summed E-state index contributed by atoms with van der Waals surface area (Å²) in [6.45, 7) is 1.29. The summed E-state index contributed by atoms with van der Waals surface area (Å²) in [5.41, 5.74) is 2.38. The molecule has 4 rings (SSSR count). The first-order chi connectivity index (χ1) is 14.5. The zero-order chi connectivity index (χ0) is 21.1. The summed E-state index contributed by atoms with van der Waals surface area (Å²) in [4.78, 5) is 20.2. The van der Waals surface area contributed by atoms with Crippen molar-refractivity contribution in [3.63, 3.8) is 0 Å². The third-order valence-corrected chi connectivity index (χ3v) is 4.53. The second-order valence-electron chi connectivity index (χ2n) is 6.46. The highest BCUT2D eigenvalue weighted by Gasteiger charge is 2.13. The number of carbonyl (C=O) groups excluding carboxylic acids is 1. The predicted octanol–water partition coefficient (Wildman–Crippen LogP) is 5.60. The van der Waals surface area contributed by atoms with Crippen LogP contribution in [0.25, 0.3) is 33.4 Å². The van der Waals surface area contributed by atoms with Gasteiger partial charge < -0.3 is 9.47 Å². The third-order valence-electron chi connectivity index (χ3n) is 4.42. The highest BCUT2D eigenvalue weighted by molar-refractivity contribution is 6.17. The van der Waals surface area contributed by atoms with E-state index in [-0.39, 0.29) is 23.4 Å². The Morgan fingerprint density at radius 1 is 1.03 bits per heavy atom. The fourth-order valence-corrected chi connectivity index (χ4v) is 3.21. The molecule has 0 aliphatic heterocycles. The number of halogens is 2. The van der Waals surface area contributed by atoms with Crippen molar-refractivity contribution in [1.29, 1.82) is 0 Å². The number of alkyl halides is 1. The van der Waals surface area contributed by atoms with Gasteiger partial charge in [-0.15, -0.1) is 0 Å². The number of rotatable bonds is 5. The first-order valence-corrected chi connectivity index (χ1v) is 9.62. The highest BCUT2D eigenvalue weighted by atomic mass is 35.5. The van der Waals surface area contributed by atoms with Crippen molar-refractivity contribution in [3.8, 4) is 34.0 Å². The summed E-state index contributed by atoms with van der Waals surface area (Å²) in [6, 6.07) is 17.3. The largest absolute Gasteiger partial charge is 0.474 e. The van der Waals surface area contributed by atoms with Crippen molar-refractivity contribution in [2.24, 2.45) is 0 Å². The minimum absolute atomic E-state index is 0.121. The van der Waals surface area contributed by atoms with Gasteiger partial charge in [0.2, 0.25) is 0 Å². The first kappa shape index (κ1) is 19.8.